The van der Waals surface area contributed by atoms with Gasteiger partial charge in [-0.1, -0.05) is 18.2 Å². The number of benzene rings is 2. The summed E-state index contributed by atoms with van der Waals surface area (Å²) in [6.45, 7) is 2.25. The van der Waals surface area contributed by atoms with Gasteiger partial charge in [0, 0.05) is 19.3 Å². The van der Waals surface area contributed by atoms with Crippen LogP contribution < -0.4 is 5.32 Å². The maximum atomic E-state index is 13.5. The van der Waals surface area contributed by atoms with Crippen molar-refractivity contribution in [3.05, 3.63) is 65.2 Å². The van der Waals surface area contributed by atoms with Crippen LogP contribution in [0.5, 0.6) is 0 Å². The Bertz CT molecular complexity index is 641. The first-order valence-corrected chi connectivity index (χ1v) is 6.89. The van der Waals surface area contributed by atoms with Gasteiger partial charge in [-0.25, -0.2) is 8.78 Å². The average Bonchev–Trinajstić information content (AvgIpc) is 2.45. The van der Waals surface area contributed by atoms with Gasteiger partial charge in [-0.2, -0.15) is 0 Å². The average molecular weight is 306 g/mol. The molecule has 0 heterocycles. The quantitative estimate of drug-likeness (QED) is 0.859. The van der Waals surface area contributed by atoms with Gasteiger partial charge >= 0.3 is 0 Å². The zero-order valence-corrected chi connectivity index (χ0v) is 12.7. The third-order valence-corrected chi connectivity index (χ3v) is 3.52. The van der Waals surface area contributed by atoms with E-state index in [0.717, 1.165) is 5.56 Å². The minimum absolute atomic E-state index is 0.266. The van der Waals surface area contributed by atoms with Crippen LogP contribution in [0.4, 0.5) is 14.5 Å². The van der Waals surface area contributed by atoms with E-state index in [1.54, 1.807) is 36.1 Å². The highest BCUT2D eigenvalue weighted by atomic mass is 32.1. The lowest BCUT2D eigenvalue weighted by molar-refractivity contribution is 0.507. The highest BCUT2D eigenvalue weighted by Crippen LogP contribution is 2.14. The van der Waals surface area contributed by atoms with Crippen molar-refractivity contribution in [2.24, 2.45) is 0 Å². The molecule has 0 amide bonds. The fraction of sp³-hybridized carbons (Fsp3) is 0.188. The molecule has 0 fully saturated rings. The predicted molar refractivity (Wildman–Crippen MR) is 85.2 cm³/mol. The van der Waals surface area contributed by atoms with Crippen molar-refractivity contribution in [3.63, 3.8) is 0 Å². The number of rotatable bonds is 3. The number of nitrogens with zero attached hydrogens (tertiary/aromatic N) is 1. The fourth-order valence-corrected chi connectivity index (χ4v) is 2.01. The number of nitrogens with one attached hydrogen (secondary N) is 1. The number of hydrogen-bond acceptors (Lipinski definition) is 1. The number of thiocarbonyl (C=S) groups is 1. The molecular weight excluding hydrogens is 290 g/mol. The van der Waals surface area contributed by atoms with Crippen molar-refractivity contribution in [3.8, 4) is 0 Å². The van der Waals surface area contributed by atoms with Crippen molar-refractivity contribution in [1.82, 2.24) is 4.90 Å². The van der Waals surface area contributed by atoms with Crippen LogP contribution in [0.3, 0.4) is 0 Å². The van der Waals surface area contributed by atoms with Gasteiger partial charge in [0.05, 0.1) is 0 Å². The van der Waals surface area contributed by atoms with Gasteiger partial charge in [0.1, 0.15) is 11.6 Å². The van der Waals surface area contributed by atoms with E-state index < -0.39 is 0 Å². The summed E-state index contributed by atoms with van der Waals surface area (Å²) in [6, 6.07) is 11.1. The molecule has 0 aromatic heterocycles. The van der Waals surface area contributed by atoms with Crippen LogP contribution in [-0.2, 0) is 6.54 Å². The molecule has 110 valence electrons. The lowest BCUT2D eigenvalue weighted by Gasteiger charge is -2.21. The number of hydrogen-bond donors (Lipinski definition) is 1. The van der Waals surface area contributed by atoms with Crippen molar-refractivity contribution < 1.29 is 8.78 Å². The summed E-state index contributed by atoms with van der Waals surface area (Å²) >= 11 is 5.28. The van der Waals surface area contributed by atoms with Crippen LogP contribution in [0, 0.1) is 18.6 Å². The maximum absolute atomic E-state index is 13.5. The lowest BCUT2D eigenvalue weighted by Crippen LogP contribution is -2.30. The second kappa shape index (κ2) is 6.63. The molecule has 1 N–H and O–H groups in total. The molecular formula is C16H16F2N2S. The van der Waals surface area contributed by atoms with Crippen LogP contribution in [0.15, 0.2) is 42.5 Å². The predicted octanol–water partition coefficient (Wildman–Crippen LogP) is 4.10. The zero-order valence-electron chi connectivity index (χ0n) is 11.9. The Morgan fingerprint density at radius 3 is 2.43 bits per heavy atom. The van der Waals surface area contributed by atoms with Crippen molar-refractivity contribution >= 4 is 23.0 Å². The van der Waals surface area contributed by atoms with Crippen LogP contribution in [0.1, 0.15) is 11.1 Å². The Morgan fingerprint density at radius 1 is 1.14 bits per heavy atom. The summed E-state index contributed by atoms with van der Waals surface area (Å²) in [4.78, 5) is 1.81. The largest absolute Gasteiger partial charge is 0.348 e. The van der Waals surface area contributed by atoms with Crippen LogP contribution in [0.25, 0.3) is 0 Å². The third-order valence-electron chi connectivity index (χ3n) is 3.10. The van der Waals surface area contributed by atoms with Gasteiger partial charge in [-0.3, -0.25) is 0 Å². The van der Waals surface area contributed by atoms with E-state index in [1.807, 2.05) is 7.05 Å². The monoisotopic (exact) mass is 306 g/mol. The molecule has 2 rings (SSSR count). The van der Waals surface area contributed by atoms with Gasteiger partial charge in [0.25, 0.3) is 0 Å². The van der Waals surface area contributed by atoms with Gasteiger partial charge in [0.2, 0.25) is 0 Å². The van der Waals surface area contributed by atoms with E-state index in [2.05, 4.69) is 5.32 Å². The van der Waals surface area contributed by atoms with Gasteiger partial charge in [-0.15, -0.1) is 0 Å². The van der Waals surface area contributed by atoms with E-state index in [-0.39, 0.29) is 11.6 Å². The summed E-state index contributed by atoms with van der Waals surface area (Å²) in [5.74, 6) is -0.541. The second-order valence-corrected chi connectivity index (χ2v) is 5.26. The summed E-state index contributed by atoms with van der Waals surface area (Å²) in [7, 11) is 1.82. The standard InChI is InChI=1S/C16H16F2N2S/c1-11-3-8-14(9-15(11)18)19-16(21)20(2)10-12-4-6-13(17)7-5-12/h3-9H,10H2,1-2H3,(H,19,21). The molecule has 2 nitrogen and oxygen atoms in total. The van der Waals surface area contributed by atoms with Gasteiger partial charge < -0.3 is 10.2 Å². The Morgan fingerprint density at radius 2 is 1.81 bits per heavy atom. The SMILES string of the molecule is Cc1ccc(NC(=S)N(C)Cc2ccc(F)cc2)cc1F. The summed E-state index contributed by atoms with van der Waals surface area (Å²) in [5.41, 5.74) is 2.14. The normalized spacial score (nSPS) is 10.3. The minimum Gasteiger partial charge on any atom is -0.348 e. The molecule has 21 heavy (non-hydrogen) atoms. The van der Waals surface area contributed by atoms with Gasteiger partial charge in [-0.05, 0) is 54.5 Å². The van der Waals surface area contributed by atoms with E-state index >= 15 is 0 Å². The van der Waals surface area contributed by atoms with Crippen molar-refractivity contribution in [2.75, 3.05) is 12.4 Å². The molecule has 0 saturated heterocycles. The number of halogens is 2. The third kappa shape index (κ3) is 4.23. The molecule has 0 aliphatic carbocycles. The van der Waals surface area contributed by atoms with E-state index in [1.165, 1.54) is 18.2 Å². The number of anilines is 1. The first kappa shape index (κ1) is 15.4. The molecule has 5 heteroatoms. The molecule has 0 aliphatic heterocycles. The molecule has 0 bridgehead atoms. The fourth-order valence-electron chi connectivity index (χ4n) is 1.82. The smallest absolute Gasteiger partial charge is 0.173 e. The van der Waals surface area contributed by atoms with Crippen molar-refractivity contribution in [2.45, 2.75) is 13.5 Å². The summed E-state index contributed by atoms with van der Waals surface area (Å²) in [5, 5.41) is 3.46. The molecule has 0 saturated carbocycles. The first-order valence-electron chi connectivity index (χ1n) is 6.48. The first-order chi connectivity index (χ1) is 9.95. The van der Waals surface area contributed by atoms with Crippen molar-refractivity contribution in [1.29, 1.82) is 0 Å². The van der Waals surface area contributed by atoms with Gasteiger partial charge in [0.15, 0.2) is 5.11 Å². The molecule has 0 unspecified atom stereocenters. The molecule has 0 radical (unpaired) electrons. The summed E-state index contributed by atoms with van der Waals surface area (Å²) < 4.78 is 26.3. The van der Waals surface area contributed by atoms with Crippen LogP contribution in [-0.4, -0.2) is 17.1 Å². The Balaban J connectivity index is 1.98. The van der Waals surface area contributed by atoms with E-state index in [4.69, 9.17) is 12.2 Å². The zero-order chi connectivity index (χ0) is 15.4. The second-order valence-electron chi connectivity index (χ2n) is 4.88. The molecule has 2 aromatic rings. The topological polar surface area (TPSA) is 15.3 Å². The molecule has 0 atom stereocenters. The minimum atomic E-state index is -0.274. The molecule has 0 spiro atoms. The Labute approximate surface area is 128 Å². The molecule has 2 aromatic carbocycles. The maximum Gasteiger partial charge on any atom is 0.173 e. The Hall–Kier alpha value is -2.01. The van der Waals surface area contributed by atoms with Crippen LogP contribution in [0.2, 0.25) is 0 Å². The van der Waals surface area contributed by atoms with E-state index in [9.17, 15) is 8.78 Å². The molecule has 0 aliphatic rings. The highest BCUT2D eigenvalue weighted by molar-refractivity contribution is 7.80. The van der Waals surface area contributed by atoms with Crippen LogP contribution >= 0.6 is 12.2 Å². The summed E-state index contributed by atoms with van der Waals surface area (Å²) in [6.07, 6.45) is 0. The highest BCUT2D eigenvalue weighted by Gasteiger charge is 2.07. The lowest BCUT2D eigenvalue weighted by atomic mass is 10.2. The number of aryl methyl sites for hydroxylation is 1. The van der Waals surface area contributed by atoms with E-state index in [0.29, 0.717) is 22.9 Å². The Kier molecular flexibility index (Phi) is 4.85.